The zero-order valence-electron chi connectivity index (χ0n) is 20.8. The summed E-state index contributed by atoms with van der Waals surface area (Å²) < 4.78 is 2.16. The van der Waals surface area contributed by atoms with E-state index in [4.69, 9.17) is 9.97 Å². The Balaban J connectivity index is 0.00000149. The van der Waals surface area contributed by atoms with Crippen LogP contribution in [0.15, 0.2) is 67.0 Å². The zero-order valence-corrected chi connectivity index (χ0v) is 20.8. The SMILES string of the molecule is CC.CC=CCc1ccn2c(-c3ccnc(CC(C)C)n3)c(-c3ccc(CC)cc3)nc2c1. The molecule has 0 spiro atoms. The van der Waals surface area contributed by atoms with E-state index in [1.807, 2.05) is 33.0 Å². The summed E-state index contributed by atoms with van der Waals surface area (Å²) >= 11 is 0. The third kappa shape index (κ3) is 5.75. The Bertz CT molecular complexity index is 1200. The standard InChI is InChI=1S/C27H30N4.C2H6/c1-5-7-8-21-14-16-31-25(18-21)30-26(22-11-9-20(6-2)10-12-22)27(31)23-13-15-28-24(29-23)17-19(3)4;1-2/h5,7,9-16,18-19H,6,8,17H2,1-4H3;1-2H3. The summed E-state index contributed by atoms with van der Waals surface area (Å²) in [4.78, 5) is 14.5. The summed E-state index contributed by atoms with van der Waals surface area (Å²) in [5.74, 6) is 1.38. The Morgan fingerprint density at radius 3 is 2.39 bits per heavy atom. The van der Waals surface area contributed by atoms with Crippen LogP contribution in [0.2, 0.25) is 0 Å². The first-order valence-corrected chi connectivity index (χ1v) is 12.1. The molecule has 0 fully saturated rings. The maximum atomic E-state index is 5.05. The molecule has 0 aliphatic carbocycles. The van der Waals surface area contributed by atoms with Gasteiger partial charge in [-0.05, 0) is 55.0 Å². The molecule has 1 aromatic carbocycles. The molecule has 4 heteroatoms. The van der Waals surface area contributed by atoms with Crippen molar-refractivity contribution in [3.63, 3.8) is 0 Å². The second kappa shape index (κ2) is 11.6. The molecule has 0 saturated heterocycles. The summed E-state index contributed by atoms with van der Waals surface area (Å²) in [7, 11) is 0. The largest absolute Gasteiger partial charge is 0.298 e. The fourth-order valence-corrected chi connectivity index (χ4v) is 3.81. The Labute approximate surface area is 198 Å². The molecule has 4 aromatic rings. The van der Waals surface area contributed by atoms with E-state index >= 15 is 0 Å². The Kier molecular flexibility index (Phi) is 8.53. The average Bonchev–Trinajstić information content (AvgIpc) is 3.22. The van der Waals surface area contributed by atoms with Gasteiger partial charge in [-0.1, -0.05) is 71.0 Å². The molecule has 33 heavy (non-hydrogen) atoms. The van der Waals surface area contributed by atoms with Crippen molar-refractivity contribution in [3.05, 3.63) is 84.0 Å². The van der Waals surface area contributed by atoms with Gasteiger partial charge in [0.15, 0.2) is 0 Å². The molecular formula is C29H36N4. The molecule has 0 aliphatic rings. The van der Waals surface area contributed by atoms with Crippen LogP contribution in [-0.2, 0) is 19.3 Å². The maximum Gasteiger partial charge on any atom is 0.138 e. The van der Waals surface area contributed by atoms with Gasteiger partial charge in [-0.25, -0.2) is 15.0 Å². The number of hydrogen-bond acceptors (Lipinski definition) is 3. The van der Waals surface area contributed by atoms with Crippen LogP contribution >= 0.6 is 0 Å². The minimum Gasteiger partial charge on any atom is -0.298 e. The van der Waals surface area contributed by atoms with Gasteiger partial charge < -0.3 is 0 Å². The van der Waals surface area contributed by atoms with Gasteiger partial charge in [0.25, 0.3) is 0 Å². The monoisotopic (exact) mass is 440 g/mol. The molecule has 172 valence electrons. The van der Waals surface area contributed by atoms with E-state index in [2.05, 4.69) is 84.9 Å². The lowest BCUT2D eigenvalue weighted by molar-refractivity contribution is 0.621. The van der Waals surface area contributed by atoms with Crippen molar-refractivity contribution >= 4 is 5.65 Å². The Morgan fingerprint density at radius 1 is 0.970 bits per heavy atom. The number of rotatable bonds is 7. The van der Waals surface area contributed by atoms with Crippen molar-refractivity contribution in [3.8, 4) is 22.6 Å². The first-order chi connectivity index (χ1) is 16.1. The van der Waals surface area contributed by atoms with Gasteiger partial charge in [-0.15, -0.1) is 0 Å². The van der Waals surface area contributed by atoms with Gasteiger partial charge in [0.05, 0.1) is 17.1 Å². The van der Waals surface area contributed by atoms with Crippen molar-refractivity contribution in [2.75, 3.05) is 0 Å². The first kappa shape index (κ1) is 24.4. The van der Waals surface area contributed by atoms with Crippen molar-refractivity contribution in [1.82, 2.24) is 19.4 Å². The van der Waals surface area contributed by atoms with E-state index in [0.29, 0.717) is 5.92 Å². The number of nitrogens with zero attached hydrogens (tertiary/aromatic N) is 4. The second-order valence-corrected chi connectivity index (χ2v) is 8.35. The van der Waals surface area contributed by atoms with Gasteiger partial charge >= 0.3 is 0 Å². The molecule has 0 saturated carbocycles. The number of allylic oxidation sites excluding steroid dienone is 2. The molecule has 0 amide bonds. The number of fused-ring (bicyclic) bond motifs is 1. The lowest BCUT2D eigenvalue weighted by Gasteiger charge is -2.09. The van der Waals surface area contributed by atoms with Crippen LogP contribution in [0.5, 0.6) is 0 Å². The van der Waals surface area contributed by atoms with Crippen LogP contribution in [0.3, 0.4) is 0 Å². The van der Waals surface area contributed by atoms with Crippen molar-refractivity contribution in [2.24, 2.45) is 5.92 Å². The molecule has 0 N–H and O–H groups in total. The van der Waals surface area contributed by atoms with Crippen LogP contribution < -0.4 is 0 Å². The van der Waals surface area contributed by atoms with Crippen molar-refractivity contribution in [1.29, 1.82) is 0 Å². The zero-order chi connectivity index (χ0) is 23.8. The Morgan fingerprint density at radius 2 is 1.73 bits per heavy atom. The third-order valence-electron chi connectivity index (χ3n) is 5.45. The molecule has 3 aromatic heterocycles. The summed E-state index contributed by atoms with van der Waals surface area (Å²) in [6.07, 6.45) is 11.0. The number of aryl methyl sites for hydroxylation is 1. The van der Waals surface area contributed by atoms with Gasteiger partial charge in [0.1, 0.15) is 11.5 Å². The van der Waals surface area contributed by atoms with Crippen molar-refractivity contribution in [2.45, 2.75) is 60.8 Å². The fourth-order valence-electron chi connectivity index (χ4n) is 3.81. The molecule has 4 nitrogen and oxygen atoms in total. The highest BCUT2D eigenvalue weighted by molar-refractivity contribution is 5.80. The molecule has 0 radical (unpaired) electrons. The summed E-state index contributed by atoms with van der Waals surface area (Å²) in [6.45, 7) is 12.6. The molecule has 4 rings (SSSR count). The van der Waals surface area contributed by atoms with E-state index < -0.39 is 0 Å². The first-order valence-electron chi connectivity index (χ1n) is 12.1. The molecule has 0 aliphatic heterocycles. The molecule has 0 unspecified atom stereocenters. The predicted octanol–water partition coefficient (Wildman–Crippen LogP) is 7.36. The topological polar surface area (TPSA) is 43.1 Å². The van der Waals surface area contributed by atoms with Crippen LogP contribution in [0.4, 0.5) is 0 Å². The highest BCUT2D eigenvalue weighted by Gasteiger charge is 2.18. The number of imidazole rings is 1. The highest BCUT2D eigenvalue weighted by Crippen LogP contribution is 2.32. The van der Waals surface area contributed by atoms with Crippen LogP contribution in [0, 0.1) is 5.92 Å². The smallest absolute Gasteiger partial charge is 0.138 e. The lowest BCUT2D eigenvalue weighted by Crippen LogP contribution is -2.02. The van der Waals surface area contributed by atoms with E-state index in [-0.39, 0.29) is 0 Å². The molecule has 0 atom stereocenters. The second-order valence-electron chi connectivity index (χ2n) is 8.35. The van der Waals surface area contributed by atoms with Gasteiger partial charge in [-0.3, -0.25) is 4.40 Å². The summed E-state index contributed by atoms with van der Waals surface area (Å²) in [5, 5.41) is 0. The van der Waals surface area contributed by atoms with E-state index in [9.17, 15) is 0 Å². The highest BCUT2D eigenvalue weighted by atomic mass is 15.0. The molecular weight excluding hydrogens is 404 g/mol. The van der Waals surface area contributed by atoms with Crippen LogP contribution in [0.1, 0.15) is 58.5 Å². The minimum absolute atomic E-state index is 0.507. The van der Waals surface area contributed by atoms with Crippen molar-refractivity contribution < 1.29 is 0 Å². The van der Waals surface area contributed by atoms with E-state index in [1.54, 1.807) is 0 Å². The third-order valence-corrected chi connectivity index (χ3v) is 5.45. The number of hydrogen-bond donors (Lipinski definition) is 0. The van der Waals surface area contributed by atoms with Crippen LogP contribution in [-0.4, -0.2) is 19.4 Å². The predicted molar refractivity (Wildman–Crippen MR) is 139 cm³/mol. The van der Waals surface area contributed by atoms with Crippen LogP contribution in [0.25, 0.3) is 28.3 Å². The fraction of sp³-hybridized carbons (Fsp3) is 0.345. The summed E-state index contributed by atoms with van der Waals surface area (Å²) in [6, 6.07) is 15.0. The average molecular weight is 441 g/mol. The minimum atomic E-state index is 0.507. The van der Waals surface area contributed by atoms with Gasteiger partial charge in [-0.2, -0.15) is 0 Å². The van der Waals surface area contributed by atoms with Gasteiger partial charge in [0, 0.05) is 24.4 Å². The lowest BCUT2D eigenvalue weighted by atomic mass is 10.0. The number of pyridine rings is 1. The molecule has 0 bridgehead atoms. The maximum absolute atomic E-state index is 5.05. The Hall–Kier alpha value is -3.27. The van der Waals surface area contributed by atoms with Gasteiger partial charge in [0.2, 0.25) is 0 Å². The quantitative estimate of drug-likeness (QED) is 0.282. The normalized spacial score (nSPS) is 11.2. The number of aromatic nitrogens is 4. The number of benzene rings is 1. The van der Waals surface area contributed by atoms with E-state index in [0.717, 1.165) is 53.4 Å². The summed E-state index contributed by atoms with van der Waals surface area (Å²) in [5.41, 5.74) is 7.51. The molecule has 3 heterocycles. The van der Waals surface area contributed by atoms with E-state index in [1.165, 1.54) is 11.1 Å².